The molecule has 10 heteroatoms. The number of halogens is 1. The number of aliphatic hydroxyl groups excluding tert-OH is 3. The van der Waals surface area contributed by atoms with Crippen molar-refractivity contribution in [3.63, 3.8) is 0 Å². The average molecular weight is 378 g/mol. The van der Waals surface area contributed by atoms with E-state index in [2.05, 4.69) is 20.3 Å². The van der Waals surface area contributed by atoms with Gasteiger partial charge in [-0.25, -0.2) is 15.0 Å². The SMILES string of the molecule is OC[C@@H]1O[C@H](n2cnc3c(Nc4ccccc4Cl)ncnc32)[C@H](O)[C@@H]1O. The van der Waals surface area contributed by atoms with Gasteiger partial charge in [0, 0.05) is 0 Å². The quantitative estimate of drug-likeness (QED) is 0.527. The van der Waals surface area contributed by atoms with E-state index in [-0.39, 0.29) is 0 Å². The molecule has 1 fully saturated rings. The Kier molecular flexibility index (Phi) is 4.47. The van der Waals surface area contributed by atoms with Crippen LogP contribution in [0.15, 0.2) is 36.9 Å². The summed E-state index contributed by atoms with van der Waals surface area (Å²) < 4.78 is 7.03. The molecule has 4 N–H and O–H groups in total. The molecule has 3 heterocycles. The number of aliphatic hydroxyl groups is 3. The lowest BCUT2D eigenvalue weighted by Gasteiger charge is -2.16. The molecule has 4 rings (SSSR count). The van der Waals surface area contributed by atoms with Crippen LogP contribution in [0, 0.1) is 0 Å². The van der Waals surface area contributed by atoms with E-state index in [1.165, 1.54) is 17.2 Å². The maximum absolute atomic E-state index is 10.2. The molecule has 9 nitrogen and oxygen atoms in total. The molecule has 136 valence electrons. The lowest BCUT2D eigenvalue weighted by atomic mass is 10.1. The van der Waals surface area contributed by atoms with Crippen LogP contribution in [-0.4, -0.2) is 59.8 Å². The molecule has 3 aromatic rings. The zero-order valence-electron chi connectivity index (χ0n) is 13.4. The molecule has 0 amide bonds. The molecule has 1 saturated heterocycles. The topological polar surface area (TPSA) is 126 Å². The summed E-state index contributed by atoms with van der Waals surface area (Å²) in [5, 5.41) is 33.1. The first-order valence-corrected chi connectivity index (χ1v) is 8.29. The second kappa shape index (κ2) is 6.78. The Morgan fingerprint density at radius 3 is 2.69 bits per heavy atom. The number of benzene rings is 1. The summed E-state index contributed by atoms with van der Waals surface area (Å²) in [6, 6.07) is 7.21. The first kappa shape index (κ1) is 17.1. The van der Waals surface area contributed by atoms with Gasteiger partial charge in [-0.05, 0) is 12.1 Å². The smallest absolute Gasteiger partial charge is 0.167 e. The molecule has 1 aromatic carbocycles. The molecule has 0 saturated carbocycles. The van der Waals surface area contributed by atoms with E-state index >= 15 is 0 Å². The van der Waals surface area contributed by atoms with Gasteiger partial charge < -0.3 is 25.4 Å². The van der Waals surface area contributed by atoms with Crippen molar-refractivity contribution in [1.29, 1.82) is 0 Å². The van der Waals surface area contributed by atoms with Crippen LogP contribution in [-0.2, 0) is 4.74 Å². The maximum Gasteiger partial charge on any atom is 0.167 e. The number of nitrogens with zero attached hydrogens (tertiary/aromatic N) is 4. The minimum Gasteiger partial charge on any atom is -0.394 e. The minimum absolute atomic E-state index is 0.407. The highest BCUT2D eigenvalue weighted by Gasteiger charge is 2.44. The van der Waals surface area contributed by atoms with Crippen LogP contribution in [0.1, 0.15) is 6.23 Å². The zero-order valence-corrected chi connectivity index (χ0v) is 14.2. The zero-order chi connectivity index (χ0) is 18.3. The van der Waals surface area contributed by atoms with Gasteiger partial charge >= 0.3 is 0 Å². The van der Waals surface area contributed by atoms with Gasteiger partial charge in [0.2, 0.25) is 0 Å². The number of nitrogens with one attached hydrogen (secondary N) is 1. The fourth-order valence-corrected chi connectivity index (χ4v) is 3.11. The van der Waals surface area contributed by atoms with E-state index < -0.39 is 31.1 Å². The predicted molar refractivity (Wildman–Crippen MR) is 93.1 cm³/mol. The van der Waals surface area contributed by atoms with Gasteiger partial charge in [-0.2, -0.15) is 0 Å². The normalized spacial score (nSPS) is 25.7. The molecule has 0 unspecified atom stereocenters. The Morgan fingerprint density at radius 1 is 1.15 bits per heavy atom. The molecule has 0 radical (unpaired) electrons. The fraction of sp³-hybridized carbons (Fsp3) is 0.312. The molecule has 0 bridgehead atoms. The van der Waals surface area contributed by atoms with Gasteiger partial charge in [0.25, 0.3) is 0 Å². The van der Waals surface area contributed by atoms with Crippen LogP contribution in [0.5, 0.6) is 0 Å². The van der Waals surface area contributed by atoms with Crippen molar-refractivity contribution in [3.8, 4) is 0 Å². The number of ether oxygens (including phenoxy) is 1. The van der Waals surface area contributed by atoms with Crippen LogP contribution >= 0.6 is 11.6 Å². The molecule has 26 heavy (non-hydrogen) atoms. The number of anilines is 2. The van der Waals surface area contributed by atoms with Gasteiger partial charge in [-0.1, -0.05) is 23.7 Å². The Morgan fingerprint density at radius 2 is 1.96 bits per heavy atom. The first-order valence-electron chi connectivity index (χ1n) is 7.91. The molecule has 0 aliphatic carbocycles. The summed E-state index contributed by atoms with van der Waals surface area (Å²) in [6.07, 6.45) is -1.44. The van der Waals surface area contributed by atoms with Crippen LogP contribution < -0.4 is 5.32 Å². The number of imidazole rings is 1. The summed E-state index contributed by atoms with van der Waals surface area (Å²) in [7, 11) is 0. The van der Waals surface area contributed by atoms with E-state index in [0.717, 1.165) is 0 Å². The Hall–Kier alpha value is -2.30. The summed E-state index contributed by atoms with van der Waals surface area (Å²) in [5.74, 6) is 0.439. The third-order valence-corrected chi connectivity index (χ3v) is 4.61. The second-order valence-electron chi connectivity index (χ2n) is 5.88. The third-order valence-electron chi connectivity index (χ3n) is 4.28. The van der Waals surface area contributed by atoms with Crippen molar-refractivity contribution in [2.75, 3.05) is 11.9 Å². The second-order valence-corrected chi connectivity index (χ2v) is 6.29. The summed E-state index contributed by atoms with van der Waals surface area (Å²) in [5.41, 5.74) is 1.52. The molecule has 4 atom stereocenters. The monoisotopic (exact) mass is 377 g/mol. The van der Waals surface area contributed by atoms with Crippen molar-refractivity contribution in [2.24, 2.45) is 0 Å². The van der Waals surface area contributed by atoms with Crippen molar-refractivity contribution >= 4 is 34.3 Å². The number of fused-ring (bicyclic) bond motifs is 1. The standard InChI is InChI=1S/C16H16ClN5O4/c17-8-3-1-2-4-9(8)21-14-11-15(19-6-18-14)22(7-20-11)16-13(25)12(24)10(5-23)26-16/h1-4,6-7,10,12-13,16,23-25H,5H2,(H,18,19,21)/t10-,12+,13+,16-/m0/s1. The lowest BCUT2D eigenvalue weighted by molar-refractivity contribution is -0.0511. The van der Waals surface area contributed by atoms with Crippen molar-refractivity contribution in [2.45, 2.75) is 24.5 Å². The van der Waals surface area contributed by atoms with E-state index in [9.17, 15) is 15.3 Å². The largest absolute Gasteiger partial charge is 0.394 e. The predicted octanol–water partition coefficient (Wildman–Crippen LogP) is 0.835. The summed E-state index contributed by atoms with van der Waals surface area (Å²) in [4.78, 5) is 12.7. The van der Waals surface area contributed by atoms with Gasteiger partial charge in [0.05, 0.1) is 23.6 Å². The lowest BCUT2D eigenvalue weighted by Crippen LogP contribution is -2.33. The Bertz CT molecular complexity index is 936. The molecule has 1 aliphatic heterocycles. The third kappa shape index (κ3) is 2.79. The van der Waals surface area contributed by atoms with Crippen molar-refractivity contribution in [1.82, 2.24) is 19.5 Å². The van der Waals surface area contributed by atoms with E-state index in [0.29, 0.717) is 27.7 Å². The average Bonchev–Trinajstić information content (AvgIpc) is 3.19. The van der Waals surface area contributed by atoms with Gasteiger partial charge in [-0.3, -0.25) is 4.57 Å². The number of para-hydroxylation sites is 1. The fourth-order valence-electron chi connectivity index (χ4n) is 2.93. The van der Waals surface area contributed by atoms with E-state index in [4.69, 9.17) is 16.3 Å². The number of hydrogen-bond donors (Lipinski definition) is 4. The van der Waals surface area contributed by atoms with Gasteiger partial charge in [0.1, 0.15) is 24.6 Å². The molecule has 0 spiro atoms. The molecular weight excluding hydrogens is 362 g/mol. The van der Waals surface area contributed by atoms with Crippen LogP contribution in [0.25, 0.3) is 11.2 Å². The minimum atomic E-state index is -1.22. The number of rotatable bonds is 4. The first-order chi connectivity index (χ1) is 12.6. The van der Waals surface area contributed by atoms with Crippen LogP contribution in [0.4, 0.5) is 11.5 Å². The Balaban J connectivity index is 1.71. The van der Waals surface area contributed by atoms with E-state index in [1.807, 2.05) is 12.1 Å². The highest BCUT2D eigenvalue weighted by atomic mass is 35.5. The molecular formula is C16H16ClN5O4. The number of hydrogen-bond acceptors (Lipinski definition) is 8. The van der Waals surface area contributed by atoms with Crippen LogP contribution in [0.3, 0.4) is 0 Å². The summed E-state index contributed by atoms with van der Waals surface area (Å²) in [6.45, 7) is -0.407. The summed E-state index contributed by atoms with van der Waals surface area (Å²) >= 11 is 6.17. The van der Waals surface area contributed by atoms with Crippen molar-refractivity contribution in [3.05, 3.63) is 41.9 Å². The van der Waals surface area contributed by atoms with Gasteiger partial charge in [0.15, 0.2) is 23.2 Å². The van der Waals surface area contributed by atoms with E-state index in [1.54, 1.807) is 12.1 Å². The maximum atomic E-state index is 10.2. The molecule has 1 aliphatic rings. The molecule has 2 aromatic heterocycles. The van der Waals surface area contributed by atoms with Gasteiger partial charge in [-0.15, -0.1) is 0 Å². The number of aromatic nitrogens is 4. The van der Waals surface area contributed by atoms with Crippen molar-refractivity contribution < 1.29 is 20.1 Å². The highest BCUT2D eigenvalue weighted by Crippen LogP contribution is 2.33. The van der Waals surface area contributed by atoms with Crippen LogP contribution in [0.2, 0.25) is 5.02 Å². The Labute approximate surface area is 152 Å². The highest BCUT2D eigenvalue weighted by molar-refractivity contribution is 6.33.